The number of hydrogen-bond donors (Lipinski definition) is 1. The second kappa shape index (κ2) is 6.30. The number of halogens is 1. The van der Waals surface area contributed by atoms with Crippen LogP contribution in [-0.4, -0.2) is 14.8 Å². The summed E-state index contributed by atoms with van der Waals surface area (Å²) in [6, 6.07) is 8.94. The van der Waals surface area contributed by atoms with E-state index < -0.39 is 0 Å². The Morgan fingerprint density at radius 1 is 1.32 bits per heavy atom. The maximum absolute atomic E-state index is 4.30. The highest BCUT2D eigenvalue weighted by Crippen LogP contribution is 2.18. The van der Waals surface area contributed by atoms with Crippen molar-refractivity contribution in [3.63, 3.8) is 0 Å². The SMILES string of the molecule is CC(C)n1ncnc1CN[C@H](C)c1cccc(Br)c1. The molecule has 19 heavy (non-hydrogen) atoms. The van der Waals surface area contributed by atoms with Crippen molar-refractivity contribution in [1.29, 1.82) is 0 Å². The summed E-state index contributed by atoms with van der Waals surface area (Å²) >= 11 is 3.50. The summed E-state index contributed by atoms with van der Waals surface area (Å²) in [4.78, 5) is 4.30. The van der Waals surface area contributed by atoms with Gasteiger partial charge in [-0.2, -0.15) is 5.10 Å². The van der Waals surface area contributed by atoms with E-state index in [0.717, 1.165) is 10.3 Å². The molecule has 0 fully saturated rings. The third-order valence-electron chi connectivity index (χ3n) is 3.05. The number of aromatic nitrogens is 3. The molecule has 1 aromatic heterocycles. The minimum Gasteiger partial charge on any atom is -0.303 e. The van der Waals surface area contributed by atoms with Crippen molar-refractivity contribution < 1.29 is 0 Å². The molecule has 0 unspecified atom stereocenters. The Balaban J connectivity index is 2.00. The van der Waals surface area contributed by atoms with Crippen LogP contribution < -0.4 is 5.32 Å². The molecule has 0 aliphatic carbocycles. The van der Waals surface area contributed by atoms with Gasteiger partial charge in [0, 0.05) is 16.6 Å². The Bertz CT molecular complexity index is 536. The van der Waals surface area contributed by atoms with Crippen LogP contribution in [0.3, 0.4) is 0 Å². The van der Waals surface area contributed by atoms with E-state index in [0.29, 0.717) is 12.6 Å². The predicted octanol–water partition coefficient (Wildman–Crippen LogP) is 3.47. The first-order valence-electron chi connectivity index (χ1n) is 6.45. The summed E-state index contributed by atoms with van der Waals surface area (Å²) in [6.45, 7) is 7.08. The normalized spacial score (nSPS) is 12.9. The highest BCUT2D eigenvalue weighted by molar-refractivity contribution is 9.10. The first kappa shape index (κ1) is 14.2. The third kappa shape index (κ3) is 3.64. The zero-order chi connectivity index (χ0) is 13.8. The fourth-order valence-electron chi connectivity index (χ4n) is 1.97. The van der Waals surface area contributed by atoms with Gasteiger partial charge in [-0.1, -0.05) is 28.1 Å². The average molecular weight is 323 g/mol. The van der Waals surface area contributed by atoms with Crippen LogP contribution in [0.4, 0.5) is 0 Å². The summed E-state index contributed by atoms with van der Waals surface area (Å²) in [5, 5.41) is 7.72. The second-order valence-corrected chi connectivity index (χ2v) is 5.79. The van der Waals surface area contributed by atoms with Crippen LogP contribution in [0.1, 0.15) is 44.2 Å². The van der Waals surface area contributed by atoms with E-state index in [-0.39, 0.29) is 6.04 Å². The fourth-order valence-corrected chi connectivity index (χ4v) is 2.39. The number of nitrogens with zero attached hydrogens (tertiary/aromatic N) is 3. The summed E-state index contributed by atoms with van der Waals surface area (Å²) in [5.74, 6) is 0.969. The van der Waals surface area contributed by atoms with Crippen molar-refractivity contribution in [2.45, 2.75) is 39.4 Å². The summed E-state index contributed by atoms with van der Waals surface area (Å²) in [7, 11) is 0. The van der Waals surface area contributed by atoms with Crippen LogP contribution in [-0.2, 0) is 6.54 Å². The summed E-state index contributed by atoms with van der Waals surface area (Å²) < 4.78 is 3.05. The van der Waals surface area contributed by atoms with Gasteiger partial charge in [-0.3, -0.25) is 0 Å². The molecule has 0 aliphatic heterocycles. The predicted molar refractivity (Wildman–Crippen MR) is 79.8 cm³/mol. The molecule has 1 aromatic carbocycles. The largest absolute Gasteiger partial charge is 0.303 e. The Morgan fingerprint density at radius 3 is 2.79 bits per heavy atom. The van der Waals surface area contributed by atoms with Crippen LogP contribution in [0.2, 0.25) is 0 Å². The van der Waals surface area contributed by atoms with Crippen molar-refractivity contribution in [1.82, 2.24) is 20.1 Å². The second-order valence-electron chi connectivity index (χ2n) is 4.87. The van der Waals surface area contributed by atoms with Gasteiger partial charge in [0.05, 0.1) is 6.54 Å². The lowest BCUT2D eigenvalue weighted by Crippen LogP contribution is -2.21. The minimum atomic E-state index is 0.273. The molecule has 2 aromatic rings. The molecule has 0 aliphatic rings. The Morgan fingerprint density at radius 2 is 2.11 bits per heavy atom. The number of hydrogen-bond acceptors (Lipinski definition) is 3. The van der Waals surface area contributed by atoms with Crippen molar-refractivity contribution in [3.05, 3.63) is 46.5 Å². The minimum absolute atomic E-state index is 0.273. The number of nitrogens with one attached hydrogen (secondary N) is 1. The molecular formula is C14H19BrN4. The smallest absolute Gasteiger partial charge is 0.141 e. The Hall–Kier alpha value is -1.20. The van der Waals surface area contributed by atoms with Gasteiger partial charge in [0.1, 0.15) is 12.2 Å². The van der Waals surface area contributed by atoms with Gasteiger partial charge in [0.15, 0.2) is 0 Å². The molecule has 0 saturated carbocycles. The molecule has 0 bridgehead atoms. The summed E-state index contributed by atoms with van der Waals surface area (Å²) in [6.07, 6.45) is 1.61. The molecule has 2 rings (SSSR count). The van der Waals surface area contributed by atoms with E-state index in [9.17, 15) is 0 Å². The standard InChI is InChI=1S/C14H19BrN4/c1-10(2)19-14(17-9-18-19)8-16-11(3)12-5-4-6-13(15)7-12/h4-7,9-11,16H,8H2,1-3H3/t11-/m1/s1. The van der Waals surface area contributed by atoms with Crippen molar-refractivity contribution in [3.8, 4) is 0 Å². The fraction of sp³-hybridized carbons (Fsp3) is 0.429. The molecule has 4 nitrogen and oxygen atoms in total. The maximum atomic E-state index is 4.30. The Labute approximate surface area is 122 Å². The van der Waals surface area contributed by atoms with Gasteiger partial charge in [-0.25, -0.2) is 9.67 Å². The lowest BCUT2D eigenvalue weighted by atomic mass is 10.1. The average Bonchev–Trinajstić information content (AvgIpc) is 2.84. The van der Waals surface area contributed by atoms with Gasteiger partial charge in [-0.05, 0) is 38.5 Å². The highest BCUT2D eigenvalue weighted by atomic mass is 79.9. The number of benzene rings is 1. The zero-order valence-electron chi connectivity index (χ0n) is 11.5. The molecule has 1 N–H and O–H groups in total. The van der Waals surface area contributed by atoms with Gasteiger partial charge >= 0.3 is 0 Å². The topological polar surface area (TPSA) is 42.7 Å². The Kier molecular flexibility index (Phi) is 4.71. The van der Waals surface area contributed by atoms with E-state index in [1.807, 2.05) is 16.8 Å². The molecule has 102 valence electrons. The molecular weight excluding hydrogens is 304 g/mol. The maximum Gasteiger partial charge on any atom is 0.141 e. The molecule has 0 saturated heterocycles. The quantitative estimate of drug-likeness (QED) is 0.916. The first-order chi connectivity index (χ1) is 9.08. The van der Waals surface area contributed by atoms with Crippen LogP contribution in [0.5, 0.6) is 0 Å². The molecule has 0 amide bonds. The van der Waals surface area contributed by atoms with E-state index >= 15 is 0 Å². The lowest BCUT2D eigenvalue weighted by molar-refractivity contribution is 0.473. The summed E-state index contributed by atoms with van der Waals surface area (Å²) in [5.41, 5.74) is 1.25. The van der Waals surface area contributed by atoms with Gasteiger partial charge in [-0.15, -0.1) is 0 Å². The van der Waals surface area contributed by atoms with Crippen LogP contribution in [0, 0.1) is 0 Å². The monoisotopic (exact) mass is 322 g/mol. The van der Waals surface area contributed by atoms with E-state index in [1.165, 1.54) is 5.56 Å². The van der Waals surface area contributed by atoms with Crippen LogP contribution in [0.25, 0.3) is 0 Å². The van der Waals surface area contributed by atoms with E-state index in [4.69, 9.17) is 0 Å². The number of rotatable bonds is 5. The van der Waals surface area contributed by atoms with Crippen LogP contribution >= 0.6 is 15.9 Å². The molecule has 5 heteroatoms. The molecule has 0 radical (unpaired) electrons. The van der Waals surface area contributed by atoms with Gasteiger partial charge in [0.2, 0.25) is 0 Å². The van der Waals surface area contributed by atoms with Gasteiger partial charge < -0.3 is 5.32 Å². The first-order valence-corrected chi connectivity index (χ1v) is 7.24. The molecule has 1 atom stereocenters. The molecule has 0 spiro atoms. The van der Waals surface area contributed by atoms with Crippen molar-refractivity contribution in [2.75, 3.05) is 0 Å². The lowest BCUT2D eigenvalue weighted by Gasteiger charge is -2.15. The van der Waals surface area contributed by atoms with E-state index in [2.05, 4.69) is 64.2 Å². The van der Waals surface area contributed by atoms with Crippen molar-refractivity contribution >= 4 is 15.9 Å². The third-order valence-corrected chi connectivity index (χ3v) is 3.54. The highest BCUT2D eigenvalue weighted by Gasteiger charge is 2.10. The van der Waals surface area contributed by atoms with E-state index in [1.54, 1.807) is 6.33 Å². The van der Waals surface area contributed by atoms with Crippen molar-refractivity contribution in [2.24, 2.45) is 0 Å². The molecule has 1 heterocycles. The zero-order valence-corrected chi connectivity index (χ0v) is 13.1. The van der Waals surface area contributed by atoms with Crippen LogP contribution in [0.15, 0.2) is 35.1 Å². The van der Waals surface area contributed by atoms with Gasteiger partial charge in [0.25, 0.3) is 0 Å².